The van der Waals surface area contributed by atoms with Gasteiger partial charge in [-0.05, 0) is 37.8 Å². The Morgan fingerprint density at radius 3 is 2.55 bits per heavy atom. The van der Waals surface area contributed by atoms with Crippen LogP contribution in [0.3, 0.4) is 0 Å². The van der Waals surface area contributed by atoms with E-state index in [9.17, 15) is 0 Å². The number of likely N-dealkylation sites (tertiary alicyclic amines) is 1. The van der Waals surface area contributed by atoms with E-state index in [0.717, 1.165) is 19.0 Å². The summed E-state index contributed by atoms with van der Waals surface area (Å²) in [6, 6.07) is 9.77. The molecule has 1 N–H and O–H groups in total. The summed E-state index contributed by atoms with van der Waals surface area (Å²) in [5.74, 6) is 0.857. The Hall–Kier alpha value is -0.900. The minimum absolute atomic E-state index is 0.549. The number of nitrogens with one attached hydrogen (secondary N) is 1. The van der Waals surface area contributed by atoms with E-state index in [1.54, 1.807) is 0 Å². The van der Waals surface area contributed by atoms with Crippen molar-refractivity contribution in [1.29, 1.82) is 0 Å². The normalized spacial score (nSPS) is 26.0. The molecule has 1 aromatic carbocycles. The van der Waals surface area contributed by atoms with Gasteiger partial charge >= 0.3 is 0 Å². The molecule has 3 nitrogen and oxygen atoms in total. The lowest BCUT2D eigenvalue weighted by Gasteiger charge is -2.40. The highest BCUT2D eigenvalue weighted by atomic mass is 15.3. The zero-order valence-electron chi connectivity index (χ0n) is 14.2. The highest BCUT2D eigenvalue weighted by Crippen LogP contribution is 2.25. The fraction of sp³-hybridized carbons (Fsp3) is 0.684. The summed E-state index contributed by atoms with van der Waals surface area (Å²) in [6.45, 7) is 12.9. The second kappa shape index (κ2) is 7.58. The molecule has 2 aliphatic rings. The van der Waals surface area contributed by atoms with Crippen molar-refractivity contribution in [1.82, 2.24) is 15.1 Å². The van der Waals surface area contributed by atoms with Gasteiger partial charge in [-0.15, -0.1) is 0 Å². The van der Waals surface area contributed by atoms with Gasteiger partial charge in [0.25, 0.3) is 0 Å². The number of benzene rings is 1. The number of aryl methyl sites for hydroxylation is 1. The van der Waals surface area contributed by atoms with Crippen molar-refractivity contribution in [2.75, 3.05) is 45.8 Å². The lowest BCUT2D eigenvalue weighted by atomic mass is 9.97. The fourth-order valence-corrected chi connectivity index (χ4v) is 3.91. The van der Waals surface area contributed by atoms with Gasteiger partial charge in [0.15, 0.2) is 0 Å². The highest BCUT2D eigenvalue weighted by molar-refractivity contribution is 5.24. The summed E-state index contributed by atoms with van der Waals surface area (Å²) in [7, 11) is 0. The first-order chi connectivity index (χ1) is 10.7. The summed E-state index contributed by atoms with van der Waals surface area (Å²) in [6.07, 6.45) is 2.77. The average molecular weight is 301 g/mol. The van der Waals surface area contributed by atoms with Crippen LogP contribution in [0.5, 0.6) is 0 Å². The molecule has 0 bridgehead atoms. The van der Waals surface area contributed by atoms with E-state index in [1.807, 2.05) is 0 Å². The predicted octanol–water partition coefficient (Wildman–Crippen LogP) is 2.67. The van der Waals surface area contributed by atoms with Crippen LogP contribution in [0.25, 0.3) is 0 Å². The van der Waals surface area contributed by atoms with E-state index in [4.69, 9.17) is 0 Å². The van der Waals surface area contributed by atoms with Gasteiger partial charge in [-0.25, -0.2) is 0 Å². The molecule has 2 saturated heterocycles. The maximum atomic E-state index is 3.49. The van der Waals surface area contributed by atoms with Gasteiger partial charge in [-0.1, -0.05) is 36.8 Å². The van der Waals surface area contributed by atoms with Crippen LogP contribution in [0, 0.1) is 12.8 Å². The van der Waals surface area contributed by atoms with Crippen molar-refractivity contribution in [2.24, 2.45) is 5.92 Å². The fourth-order valence-electron chi connectivity index (χ4n) is 3.91. The summed E-state index contributed by atoms with van der Waals surface area (Å²) < 4.78 is 0. The molecule has 22 heavy (non-hydrogen) atoms. The Morgan fingerprint density at radius 2 is 1.86 bits per heavy atom. The third-order valence-corrected chi connectivity index (χ3v) is 5.23. The molecule has 3 rings (SSSR count). The lowest BCUT2D eigenvalue weighted by molar-refractivity contribution is 0.100. The van der Waals surface area contributed by atoms with Crippen LogP contribution >= 0.6 is 0 Å². The standard InChI is InChI=1S/C19H31N3/c1-16-5-7-18(8-6-16)19(22-12-9-20-10-13-22)15-21-11-3-4-17(2)14-21/h5-8,17,19-20H,3-4,9-15H2,1-2H3. The van der Waals surface area contributed by atoms with Gasteiger partial charge < -0.3 is 10.2 Å². The van der Waals surface area contributed by atoms with Crippen LogP contribution in [0.4, 0.5) is 0 Å². The van der Waals surface area contributed by atoms with E-state index < -0.39 is 0 Å². The van der Waals surface area contributed by atoms with E-state index in [1.165, 1.54) is 56.7 Å². The molecule has 2 aliphatic heterocycles. The third kappa shape index (κ3) is 4.09. The monoisotopic (exact) mass is 301 g/mol. The number of hydrogen-bond donors (Lipinski definition) is 1. The van der Waals surface area contributed by atoms with Crippen molar-refractivity contribution >= 4 is 0 Å². The maximum absolute atomic E-state index is 3.49. The van der Waals surface area contributed by atoms with Crippen LogP contribution in [0.15, 0.2) is 24.3 Å². The predicted molar refractivity (Wildman–Crippen MR) is 93.2 cm³/mol. The molecule has 2 unspecified atom stereocenters. The molecule has 0 radical (unpaired) electrons. The first-order valence-corrected chi connectivity index (χ1v) is 8.96. The Balaban J connectivity index is 1.74. The second-order valence-corrected chi connectivity index (χ2v) is 7.22. The quantitative estimate of drug-likeness (QED) is 0.922. The lowest BCUT2D eigenvalue weighted by Crippen LogP contribution is -2.49. The topological polar surface area (TPSA) is 18.5 Å². The van der Waals surface area contributed by atoms with Crippen LogP contribution in [0.2, 0.25) is 0 Å². The molecule has 0 aromatic heterocycles. The van der Waals surface area contributed by atoms with E-state index in [0.29, 0.717) is 6.04 Å². The van der Waals surface area contributed by atoms with Crippen molar-refractivity contribution in [2.45, 2.75) is 32.7 Å². The van der Waals surface area contributed by atoms with Crippen LogP contribution in [-0.2, 0) is 0 Å². The highest BCUT2D eigenvalue weighted by Gasteiger charge is 2.26. The molecular weight excluding hydrogens is 270 g/mol. The first kappa shape index (κ1) is 16.0. The maximum Gasteiger partial charge on any atom is 0.0476 e. The molecule has 2 fully saturated rings. The molecule has 1 aromatic rings. The molecule has 2 heterocycles. The van der Waals surface area contributed by atoms with E-state index >= 15 is 0 Å². The Labute approximate surface area is 135 Å². The number of piperazine rings is 1. The van der Waals surface area contributed by atoms with Crippen molar-refractivity contribution in [3.05, 3.63) is 35.4 Å². The van der Waals surface area contributed by atoms with Gasteiger partial charge in [0.1, 0.15) is 0 Å². The van der Waals surface area contributed by atoms with Gasteiger partial charge in [0.05, 0.1) is 0 Å². The van der Waals surface area contributed by atoms with Gasteiger partial charge in [0.2, 0.25) is 0 Å². The minimum atomic E-state index is 0.549. The van der Waals surface area contributed by atoms with E-state index in [2.05, 4.69) is 53.2 Å². The minimum Gasteiger partial charge on any atom is -0.314 e. The SMILES string of the molecule is Cc1ccc(C(CN2CCCC(C)C2)N2CCNCC2)cc1. The van der Waals surface area contributed by atoms with Crippen molar-refractivity contribution in [3.8, 4) is 0 Å². The first-order valence-electron chi connectivity index (χ1n) is 8.96. The Kier molecular flexibility index (Phi) is 5.51. The van der Waals surface area contributed by atoms with Crippen LogP contribution < -0.4 is 5.32 Å². The molecule has 0 aliphatic carbocycles. The number of rotatable bonds is 4. The summed E-state index contributed by atoms with van der Waals surface area (Å²) in [5, 5.41) is 3.49. The Bertz CT molecular complexity index is 450. The smallest absolute Gasteiger partial charge is 0.0476 e. The van der Waals surface area contributed by atoms with E-state index in [-0.39, 0.29) is 0 Å². The number of nitrogens with zero attached hydrogens (tertiary/aromatic N) is 2. The summed E-state index contributed by atoms with van der Waals surface area (Å²) in [4.78, 5) is 5.38. The summed E-state index contributed by atoms with van der Waals surface area (Å²) >= 11 is 0. The Morgan fingerprint density at radius 1 is 1.14 bits per heavy atom. The van der Waals surface area contributed by atoms with Gasteiger partial charge in [0, 0.05) is 45.3 Å². The number of piperidine rings is 1. The van der Waals surface area contributed by atoms with Crippen molar-refractivity contribution in [3.63, 3.8) is 0 Å². The summed E-state index contributed by atoms with van der Waals surface area (Å²) in [5.41, 5.74) is 2.85. The number of hydrogen-bond acceptors (Lipinski definition) is 3. The molecule has 122 valence electrons. The molecule has 0 amide bonds. The third-order valence-electron chi connectivity index (χ3n) is 5.23. The van der Waals surface area contributed by atoms with Crippen molar-refractivity contribution < 1.29 is 0 Å². The zero-order chi connectivity index (χ0) is 15.4. The van der Waals surface area contributed by atoms with Crippen LogP contribution in [-0.4, -0.2) is 55.6 Å². The molecule has 2 atom stereocenters. The zero-order valence-corrected chi connectivity index (χ0v) is 14.2. The molecular formula is C19H31N3. The molecule has 0 spiro atoms. The second-order valence-electron chi connectivity index (χ2n) is 7.22. The van der Waals surface area contributed by atoms with Crippen LogP contribution in [0.1, 0.15) is 36.9 Å². The van der Waals surface area contributed by atoms with Gasteiger partial charge in [-0.2, -0.15) is 0 Å². The largest absolute Gasteiger partial charge is 0.314 e. The average Bonchev–Trinajstić information content (AvgIpc) is 2.55. The molecule has 0 saturated carbocycles. The van der Waals surface area contributed by atoms with Gasteiger partial charge in [-0.3, -0.25) is 4.90 Å². The molecule has 3 heteroatoms.